The number of nitrogens with one attached hydrogen (secondary N) is 1. The Hall–Kier alpha value is -3.51. The average molecular weight is 452 g/mol. The summed E-state index contributed by atoms with van der Waals surface area (Å²) >= 11 is 0. The molecule has 172 valence electrons. The molecule has 0 saturated carbocycles. The maximum atomic E-state index is 13.5. The minimum absolute atomic E-state index is 0.0609. The van der Waals surface area contributed by atoms with E-state index in [4.69, 9.17) is 5.10 Å². The average Bonchev–Trinajstić information content (AvgIpc) is 3.22. The van der Waals surface area contributed by atoms with E-state index in [1.54, 1.807) is 0 Å². The first-order valence-corrected chi connectivity index (χ1v) is 12.1. The fraction of sp³-hybridized carbons (Fsp3) is 0.321. The standard InChI is InChI=1S/C28H29N5O/c1-32-26-11-10-23(29-16-19-14-21-7-4-5-9-25(21)30-17-19)15-24(26)27(31-32)28(34)33-13-12-20-6-2-3-8-22(20)18-33/h2-9,14,17,23,29H,10-13,15-16,18H2,1H3/t23-/m0/s1. The second-order valence-corrected chi connectivity index (χ2v) is 9.50. The summed E-state index contributed by atoms with van der Waals surface area (Å²) in [6, 6.07) is 19.2. The first-order chi connectivity index (χ1) is 16.7. The zero-order valence-electron chi connectivity index (χ0n) is 19.5. The predicted molar refractivity (Wildman–Crippen MR) is 132 cm³/mol. The van der Waals surface area contributed by atoms with Crippen LogP contribution in [0.4, 0.5) is 0 Å². The monoisotopic (exact) mass is 451 g/mol. The molecule has 1 N–H and O–H groups in total. The van der Waals surface area contributed by atoms with Crippen molar-refractivity contribution >= 4 is 16.8 Å². The Morgan fingerprint density at radius 2 is 1.91 bits per heavy atom. The molecular weight excluding hydrogens is 422 g/mol. The van der Waals surface area contributed by atoms with Gasteiger partial charge in [-0.3, -0.25) is 14.5 Å². The van der Waals surface area contributed by atoms with Crippen molar-refractivity contribution < 1.29 is 4.79 Å². The number of hydrogen-bond donors (Lipinski definition) is 1. The van der Waals surface area contributed by atoms with Gasteiger partial charge in [0.05, 0.1) is 5.52 Å². The molecule has 0 spiro atoms. The first kappa shape index (κ1) is 21.1. The van der Waals surface area contributed by atoms with E-state index in [9.17, 15) is 4.79 Å². The van der Waals surface area contributed by atoms with Gasteiger partial charge in [0.1, 0.15) is 0 Å². The van der Waals surface area contributed by atoms with E-state index < -0.39 is 0 Å². The lowest BCUT2D eigenvalue weighted by Gasteiger charge is -2.29. The number of carbonyl (C=O) groups is 1. The quantitative estimate of drug-likeness (QED) is 0.513. The number of aryl methyl sites for hydroxylation is 1. The Labute approximate surface area is 199 Å². The Morgan fingerprint density at radius 1 is 1.09 bits per heavy atom. The van der Waals surface area contributed by atoms with E-state index in [0.717, 1.165) is 55.2 Å². The van der Waals surface area contributed by atoms with Crippen LogP contribution in [-0.2, 0) is 39.4 Å². The SMILES string of the molecule is Cn1nc(C(=O)N2CCc3ccccc3C2)c2c1CC[C@H](NCc1cnc3ccccc3c1)C2. The van der Waals surface area contributed by atoms with Crippen molar-refractivity contribution in [1.29, 1.82) is 0 Å². The first-order valence-electron chi connectivity index (χ1n) is 12.1. The summed E-state index contributed by atoms with van der Waals surface area (Å²) < 4.78 is 1.92. The highest BCUT2D eigenvalue weighted by molar-refractivity contribution is 5.94. The van der Waals surface area contributed by atoms with Crippen LogP contribution in [0.25, 0.3) is 10.9 Å². The van der Waals surface area contributed by atoms with E-state index >= 15 is 0 Å². The lowest BCUT2D eigenvalue weighted by Crippen LogP contribution is -2.38. The Morgan fingerprint density at radius 3 is 2.82 bits per heavy atom. The summed E-state index contributed by atoms with van der Waals surface area (Å²) in [5.41, 5.74) is 7.75. The zero-order valence-corrected chi connectivity index (χ0v) is 19.5. The summed E-state index contributed by atoms with van der Waals surface area (Å²) in [6.07, 6.45) is 5.66. The highest BCUT2D eigenvalue weighted by Gasteiger charge is 2.31. The van der Waals surface area contributed by atoms with Crippen molar-refractivity contribution in [3.05, 3.63) is 94.4 Å². The molecule has 2 aromatic carbocycles. The Kier molecular flexibility index (Phi) is 5.38. The lowest BCUT2D eigenvalue weighted by molar-refractivity contribution is 0.0726. The highest BCUT2D eigenvalue weighted by atomic mass is 16.2. The maximum Gasteiger partial charge on any atom is 0.274 e. The summed E-state index contributed by atoms with van der Waals surface area (Å²) in [7, 11) is 1.97. The number of fused-ring (bicyclic) bond motifs is 3. The molecule has 0 fully saturated rings. The summed E-state index contributed by atoms with van der Waals surface area (Å²) in [4.78, 5) is 20.1. The van der Waals surface area contributed by atoms with Crippen LogP contribution in [0.5, 0.6) is 0 Å². The molecule has 2 aliphatic rings. The number of amides is 1. The van der Waals surface area contributed by atoms with Gasteiger partial charge in [0.25, 0.3) is 5.91 Å². The topological polar surface area (TPSA) is 63.1 Å². The summed E-state index contributed by atoms with van der Waals surface area (Å²) in [5.74, 6) is 0.0609. The third-order valence-corrected chi connectivity index (χ3v) is 7.32. The van der Waals surface area contributed by atoms with Crippen molar-refractivity contribution in [3.8, 4) is 0 Å². The number of nitrogens with zero attached hydrogens (tertiary/aromatic N) is 4. The van der Waals surface area contributed by atoms with Gasteiger partial charge in [-0.25, -0.2) is 0 Å². The van der Waals surface area contributed by atoms with Crippen LogP contribution in [0.3, 0.4) is 0 Å². The molecule has 1 aliphatic heterocycles. The molecule has 6 nitrogen and oxygen atoms in total. The molecule has 0 unspecified atom stereocenters. The van der Waals surface area contributed by atoms with Gasteiger partial charge >= 0.3 is 0 Å². The molecule has 34 heavy (non-hydrogen) atoms. The summed E-state index contributed by atoms with van der Waals surface area (Å²) in [5, 5.41) is 9.57. The van der Waals surface area contributed by atoms with E-state index in [1.807, 2.05) is 41.0 Å². The molecule has 1 amide bonds. The predicted octanol–water partition coefficient (Wildman–Crippen LogP) is 3.81. The number of hydrogen-bond acceptors (Lipinski definition) is 4. The van der Waals surface area contributed by atoms with Crippen LogP contribution in [0.2, 0.25) is 0 Å². The fourth-order valence-corrected chi connectivity index (χ4v) is 5.43. The Bertz CT molecular complexity index is 1370. The summed E-state index contributed by atoms with van der Waals surface area (Å²) in [6.45, 7) is 2.18. The van der Waals surface area contributed by atoms with Gasteiger partial charge in [0.2, 0.25) is 0 Å². The number of benzene rings is 2. The number of rotatable bonds is 4. The van der Waals surface area contributed by atoms with E-state index in [-0.39, 0.29) is 5.91 Å². The second-order valence-electron chi connectivity index (χ2n) is 9.50. The van der Waals surface area contributed by atoms with Crippen molar-refractivity contribution in [2.75, 3.05) is 6.54 Å². The Balaban J connectivity index is 1.17. The fourth-order valence-electron chi connectivity index (χ4n) is 5.43. The van der Waals surface area contributed by atoms with Crippen molar-refractivity contribution in [1.82, 2.24) is 25.0 Å². The van der Waals surface area contributed by atoms with Crippen LogP contribution in [0.15, 0.2) is 60.8 Å². The van der Waals surface area contributed by atoms with Gasteiger partial charge in [-0.1, -0.05) is 42.5 Å². The highest BCUT2D eigenvalue weighted by Crippen LogP contribution is 2.27. The largest absolute Gasteiger partial charge is 0.333 e. The van der Waals surface area contributed by atoms with Crippen LogP contribution >= 0.6 is 0 Å². The van der Waals surface area contributed by atoms with Gasteiger partial charge in [-0.05, 0) is 54.5 Å². The van der Waals surface area contributed by atoms with Gasteiger partial charge < -0.3 is 10.2 Å². The van der Waals surface area contributed by atoms with E-state index in [2.05, 4.69) is 46.7 Å². The molecular formula is C28H29N5O. The molecule has 6 heteroatoms. The zero-order chi connectivity index (χ0) is 23.1. The minimum atomic E-state index is 0.0609. The van der Waals surface area contributed by atoms with Crippen molar-refractivity contribution in [2.45, 2.75) is 44.8 Å². The molecule has 0 radical (unpaired) electrons. The van der Waals surface area contributed by atoms with Crippen molar-refractivity contribution in [3.63, 3.8) is 0 Å². The smallest absolute Gasteiger partial charge is 0.274 e. The molecule has 1 atom stereocenters. The third kappa shape index (κ3) is 3.88. The number of para-hydroxylation sites is 1. The van der Waals surface area contributed by atoms with Crippen LogP contribution < -0.4 is 5.32 Å². The molecule has 0 bridgehead atoms. The van der Waals surface area contributed by atoms with E-state index in [0.29, 0.717) is 18.3 Å². The number of carbonyl (C=O) groups excluding carboxylic acids is 1. The molecule has 4 aromatic rings. The number of pyridine rings is 1. The minimum Gasteiger partial charge on any atom is -0.333 e. The van der Waals surface area contributed by atoms with E-state index in [1.165, 1.54) is 22.4 Å². The van der Waals surface area contributed by atoms with Gasteiger partial charge in [0.15, 0.2) is 5.69 Å². The van der Waals surface area contributed by atoms with Crippen LogP contribution in [0.1, 0.15) is 44.9 Å². The lowest BCUT2D eigenvalue weighted by atomic mass is 9.90. The number of aromatic nitrogens is 3. The molecule has 6 rings (SSSR count). The molecule has 0 saturated heterocycles. The van der Waals surface area contributed by atoms with Crippen LogP contribution in [-0.4, -0.2) is 38.2 Å². The molecule has 2 aromatic heterocycles. The molecule has 1 aliphatic carbocycles. The van der Waals surface area contributed by atoms with Gasteiger partial charge in [-0.15, -0.1) is 0 Å². The van der Waals surface area contributed by atoms with Crippen molar-refractivity contribution in [2.24, 2.45) is 7.05 Å². The normalized spacial score (nSPS) is 17.4. The molecule has 3 heterocycles. The second kappa shape index (κ2) is 8.69. The van der Waals surface area contributed by atoms with Crippen LogP contribution in [0, 0.1) is 0 Å². The third-order valence-electron chi connectivity index (χ3n) is 7.32. The van der Waals surface area contributed by atoms with Gasteiger partial charge in [0, 0.05) is 55.6 Å². The van der Waals surface area contributed by atoms with Gasteiger partial charge in [-0.2, -0.15) is 5.10 Å². The maximum absolute atomic E-state index is 13.5.